The highest BCUT2D eigenvalue weighted by Gasteiger charge is 2.03. The average Bonchev–Trinajstić information content (AvgIpc) is 2.38. The van der Waals surface area contributed by atoms with E-state index in [4.69, 9.17) is 4.74 Å². The molecule has 0 aliphatic rings. The molecule has 0 aliphatic carbocycles. The van der Waals surface area contributed by atoms with Gasteiger partial charge in [0.25, 0.3) is 5.91 Å². The molecule has 0 aromatic heterocycles. The Bertz CT molecular complexity index is 415. The minimum absolute atomic E-state index is 0.00140. The van der Waals surface area contributed by atoms with Gasteiger partial charge < -0.3 is 15.4 Å². The number of likely N-dealkylation sites (N-methyl/N-ethyl adjacent to an activating group) is 1. The van der Waals surface area contributed by atoms with Gasteiger partial charge in [-0.15, -0.1) is 0 Å². The van der Waals surface area contributed by atoms with Crippen LogP contribution in [-0.4, -0.2) is 25.0 Å². The van der Waals surface area contributed by atoms with Gasteiger partial charge in [-0.1, -0.05) is 6.92 Å². The van der Waals surface area contributed by atoms with E-state index in [1.54, 1.807) is 24.3 Å². The molecule has 0 spiro atoms. The minimum Gasteiger partial charge on any atom is -0.484 e. The predicted octanol–water partition coefficient (Wildman–Crippen LogP) is 1.94. The van der Waals surface area contributed by atoms with Crippen LogP contribution in [0.3, 0.4) is 0 Å². The van der Waals surface area contributed by atoms with E-state index in [1.807, 2.05) is 13.8 Å². The number of ether oxygens (including phenoxy) is 1. The summed E-state index contributed by atoms with van der Waals surface area (Å²) in [4.78, 5) is 22.6. The van der Waals surface area contributed by atoms with Gasteiger partial charge in [0.1, 0.15) is 5.75 Å². The zero-order valence-electron chi connectivity index (χ0n) is 11.4. The molecular weight excluding hydrogens is 244 g/mol. The number of rotatable bonds is 7. The van der Waals surface area contributed by atoms with Crippen molar-refractivity contribution in [3.63, 3.8) is 0 Å². The first kappa shape index (κ1) is 15.0. The van der Waals surface area contributed by atoms with E-state index < -0.39 is 0 Å². The molecule has 2 amide bonds. The van der Waals surface area contributed by atoms with Gasteiger partial charge in [0.05, 0.1) is 0 Å². The largest absolute Gasteiger partial charge is 0.484 e. The van der Waals surface area contributed by atoms with Crippen LogP contribution in [0.4, 0.5) is 5.69 Å². The van der Waals surface area contributed by atoms with Crippen molar-refractivity contribution in [2.75, 3.05) is 18.5 Å². The van der Waals surface area contributed by atoms with Gasteiger partial charge in [-0.2, -0.15) is 0 Å². The smallest absolute Gasteiger partial charge is 0.257 e. The van der Waals surface area contributed by atoms with Crippen molar-refractivity contribution in [3.05, 3.63) is 24.3 Å². The second-order valence-corrected chi connectivity index (χ2v) is 4.06. The maximum atomic E-state index is 11.4. The van der Waals surface area contributed by atoms with E-state index in [1.165, 1.54) is 0 Å². The molecule has 2 N–H and O–H groups in total. The van der Waals surface area contributed by atoms with Crippen molar-refractivity contribution < 1.29 is 14.3 Å². The molecule has 0 unspecified atom stereocenters. The standard InChI is InChI=1S/C14H20N2O3/c1-3-5-13(17)16-11-6-8-12(9-7-11)19-10-14(18)15-4-2/h6-9H,3-5,10H2,1-2H3,(H,15,18)(H,16,17). The van der Waals surface area contributed by atoms with Gasteiger partial charge in [0.15, 0.2) is 6.61 Å². The van der Waals surface area contributed by atoms with Gasteiger partial charge in [0.2, 0.25) is 5.91 Å². The van der Waals surface area contributed by atoms with Crippen LogP contribution in [0.15, 0.2) is 24.3 Å². The van der Waals surface area contributed by atoms with Crippen molar-refractivity contribution in [3.8, 4) is 5.75 Å². The van der Waals surface area contributed by atoms with E-state index in [0.29, 0.717) is 18.7 Å². The Labute approximate surface area is 113 Å². The van der Waals surface area contributed by atoms with Gasteiger partial charge in [0, 0.05) is 18.7 Å². The van der Waals surface area contributed by atoms with E-state index in [2.05, 4.69) is 10.6 Å². The van der Waals surface area contributed by atoms with Crippen LogP contribution in [-0.2, 0) is 9.59 Å². The summed E-state index contributed by atoms with van der Waals surface area (Å²) in [7, 11) is 0. The SMILES string of the molecule is CCCC(=O)Nc1ccc(OCC(=O)NCC)cc1. The number of benzene rings is 1. The fourth-order valence-corrected chi connectivity index (χ4v) is 1.48. The lowest BCUT2D eigenvalue weighted by Gasteiger charge is -2.08. The van der Waals surface area contributed by atoms with Crippen LogP contribution in [0.5, 0.6) is 5.75 Å². The first-order valence-corrected chi connectivity index (χ1v) is 6.45. The monoisotopic (exact) mass is 264 g/mol. The summed E-state index contributed by atoms with van der Waals surface area (Å²) in [6.07, 6.45) is 1.33. The Morgan fingerprint density at radius 2 is 1.79 bits per heavy atom. The number of hydrogen-bond donors (Lipinski definition) is 2. The van der Waals surface area contributed by atoms with Crippen molar-refractivity contribution in [2.24, 2.45) is 0 Å². The topological polar surface area (TPSA) is 67.4 Å². The van der Waals surface area contributed by atoms with Gasteiger partial charge >= 0.3 is 0 Å². The van der Waals surface area contributed by atoms with E-state index in [-0.39, 0.29) is 18.4 Å². The third-order valence-corrected chi connectivity index (χ3v) is 2.36. The second-order valence-electron chi connectivity index (χ2n) is 4.06. The second kappa shape index (κ2) is 8.13. The van der Waals surface area contributed by atoms with Crippen LogP contribution in [0, 0.1) is 0 Å². The normalized spacial score (nSPS) is 9.79. The van der Waals surface area contributed by atoms with Crippen molar-refractivity contribution >= 4 is 17.5 Å². The summed E-state index contributed by atoms with van der Waals surface area (Å²) in [5, 5.41) is 5.43. The molecule has 0 heterocycles. The van der Waals surface area contributed by atoms with Gasteiger partial charge in [-0.25, -0.2) is 0 Å². The molecule has 0 radical (unpaired) electrons. The summed E-state index contributed by atoms with van der Waals surface area (Å²) in [6, 6.07) is 6.95. The maximum Gasteiger partial charge on any atom is 0.257 e. The third-order valence-electron chi connectivity index (χ3n) is 2.36. The lowest BCUT2D eigenvalue weighted by molar-refractivity contribution is -0.123. The Balaban J connectivity index is 2.43. The number of anilines is 1. The molecule has 0 aliphatic heterocycles. The highest BCUT2D eigenvalue weighted by Crippen LogP contribution is 2.15. The zero-order chi connectivity index (χ0) is 14.1. The van der Waals surface area contributed by atoms with Crippen LogP contribution < -0.4 is 15.4 Å². The zero-order valence-corrected chi connectivity index (χ0v) is 11.4. The Morgan fingerprint density at radius 1 is 1.11 bits per heavy atom. The maximum absolute atomic E-state index is 11.4. The fourth-order valence-electron chi connectivity index (χ4n) is 1.48. The molecule has 5 heteroatoms. The van der Waals surface area contributed by atoms with Crippen LogP contribution >= 0.6 is 0 Å². The molecule has 0 fully saturated rings. The molecule has 0 saturated carbocycles. The molecule has 1 aromatic rings. The summed E-state index contributed by atoms with van der Waals surface area (Å²) in [5.74, 6) is 0.445. The molecular formula is C14H20N2O3. The van der Waals surface area contributed by atoms with Crippen molar-refractivity contribution in [1.29, 1.82) is 0 Å². The Morgan fingerprint density at radius 3 is 2.37 bits per heavy atom. The summed E-state index contributed by atoms with van der Waals surface area (Å²) in [6.45, 7) is 4.39. The first-order valence-electron chi connectivity index (χ1n) is 6.45. The molecule has 104 valence electrons. The van der Waals surface area contributed by atoms with Crippen molar-refractivity contribution in [2.45, 2.75) is 26.7 Å². The van der Waals surface area contributed by atoms with Crippen LogP contribution in [0.25, 0.3) is 0 Å². The van der Waals surface area contributed by atoms with Crippen molar-refractivity contribution in [1.82, 2.24) is 5.32 Å². The molecule has 19 heavy (non-hydrogen) atoms. The molecule has 0 bridgehead atoms. The molecule has 5 nitrogen and oxygen atoms in total. The quantitative estimate of drug-likeness (QED) is 0.791. The van der Waals surface area contributed by atoms with E-state index in [0.717, 1.165) is 12.1 Å². The van der Waals surface area contributed by atoms with E-state index in [9.17, 15) is 9.59 Å². The number of hydrogen-bond acceptors (Lipinski definition) is 3. The Kier molecular flexibility index (Phi) is 6.43. The first-order chi connectivity index (χ1) is 9.15. The number of amides is 2. The van der Waals surface area contributed by atoms with E-state index >= 15 is 0 Å². The summed E-state index contributed by atoms with van der Waals surface area (Å²) >= 11 is 0. The predicted molar refractivity (Wildman–Crippen MR) is 74.2 cm³/mol. The van der Waals surface area contributed by atoms with Crippen LogP contribution in [0.2, 0.25) is 0 Å². The highest BCUT2D eigenvalue weighted by molar-refractivity contribution is 5.90. The molecule has 0 saturated heterocycles. The number of nitrogens with one attached hydrogen (secondary N) is 2. The molecule has 1 aromatic carbocycles. The fraction of sp³-hybridized carbons (Fsp3) is 0.429. The highest BCUT2D eigenvalue weighted by atomic mass is 16.5. The lowest BCUT2D eigenvalue weighted by atomic mass is 10.2. The molecule has 1 rings (SSSR count). The van der Waals surface area contributed by atoms with Crippen LogP contribution in [0.1, 0.15) is 26.7 Å². The third kappa shape index (κ3) is 5.90. The van der Waals surface area contributed by atoms with Gasteiger partial charge in [-0.3, -0.25) is 9.59 Å². The molecule has 0 atom stereocenters. The summed E-state index contributed by atoms with van der Waals surface area (Å²) in [5.41, 5.74) is 0.726. The summed E-state index contributed by atoms with van der Waals surface area (Å²) < 4.78 is 5.30. The lowest BCUT2D eigenvalue weighted by Crippen LogP contribution is -2.28. The Hall–Kier alpha value is -2.04. The minimum atomic E-state index is -0.150. The number of carbonyl (C=O) groups is 2. The number of carbonyl (C=O) groups excluding carboxylic acids is 2. The average molecular weight is 264 g/mol. The van der Waals surface area contributed by atoms with Gasteiger partial charge in [-0.05, 0) is 37.6 Å².